The molecule has 9 N–H and O–H groups in total. The van der Waals surface area contributed by atoms with Crippen molar-refractivity contribution >= 4 is 104 Å². The maximum absolute atomic E-state index is 14.8. The number of aromatic amines is 1. The fraction of sp³-hybridized carbons (Fsp3) is 0.578. The molecule has 8 atom stereocenters. The summed E-state index contributed by atoms with van der Waals surface area (Å²) in [5.74, 6) is -11.3. The highest BCUT2D eigenvalue weighted by Gasteiger charge is 2.42. The largest absolute Gasteiger partial charge is 0.461 e. The molecule has 77 heavy (non-hydrogen) atoms. The number of imidazole rings is 1. The second-order valence-corrected chi connectivity index (χ2v) is 21.5. The third kappa shape index (κ3) is 14.6. The van der Waals surface area contributed by atoms with Crippen molar-refractivity contribution in [1.82, 2.24) is 69.9 Å². The predicted octanol–water partition coefficient (Wildman–Crippen LogP) is -4.37. The number of H-pyrrole nitrogens is 1. The standard InChI is InChI=1S/C45H64N16O14S2/c1-20(2)32-42(71)74-15-24(51-29(62)13-60-12-11-28(46)53-45(60)73)35(64)49-22(5)38(67)56(7)26-17-76-77-18-27(40(69)58(32)9)57(8)39(68)23(6)50-36(65)25(16-75-43(72)33(21(3)4)59(10)41(26)70)52-30(63)14-61-19-48-31-34(61)54-44(47)55-37(31)66/h11-12,19-27,32-33H,13-18H2,1-10H3,(H,49,64)(H,50,65)(H,51,62)(H,52,63)(H2,46,53,73)(H3,47,54,55,66)/t22-,23-,24+,25+,26-,27-,32-,33-/m0/s1. The minimum atomic E-state index is -1.72. The number of aromatic nitrogens is 6. The summed E-state index contributed by atoms with van der Waals surface area (Å²) >= 11 is 0. The van der Waals surface area contributed by atoms with Crippen molar-refractivity contribution in [3.63, 3.8) is 0 Å². The summed E-state index contributed by atoms with van der Waals surface area (Å²) in [6, 6.07) is -10.6. The molecule has 8 amide bonds. The first-order chi connectivity index (χ1) is 36.1. The zero-order chi connectivity index (χ0) is 57.3. The van der Waals surface area contributed by atoms with Gasteiger partial charge in [0.2, 0.25) is 53.2 Å². The SMILES string of the molecule is CC(C)[C@H]1C(=O)OC[C@@H](NC(=O)Cn2cnc3c(=O)[nH]c(N)nc32)C(=O)N[C@@H](C)C(=O)N(C)[C@H]2CSSC[C@@H](C(=O)N1C)N(C)C(=O)[C@H](C)NC(=O)[C@H](NC(=O)Cn1ccc(N)nc1=O)COC(=O)[C@H](C(C)C)N(C)C2=O. The zero-order valence-corrected chi connectivity index (χ0v) is 45.6. The molecule has 30 nitrogen and oxygen atoms in total. The first kappa shape index (κ1) is 60.1. The maximum atomic E-state index is 14.8. The third-order valence-electron chi connectivity index (χ3n) is 12.6. The fourth-order valence-corrected chi connectivity index (χ4v) is 10.9. The van der Waals surface area contributed by atoms with Gasteiger partial charge in [0.15, 0.2) is 11.2 Å². The number of cyclic esters (lactones) is 2. The van der Waals surface area contributed by atoms with Crippen molar-refractivity contribution < 1.29 is 57.4 Å². The Morgan fingerprint density at radius 2 is 1.12 bits per heavy atom. The van der Waals surface area contributed by atoms with E-state index in [0.717, 1.165) is 52.1 Å². The highest BCUT2D eigenvalue weighted by Crippen LogP contribution is 2.29. The lowest BCUT2D eigenvalue weighted by atomic mass is 10.0. The van der Waals surface area contributed by atoms with Crippen molar-refractivity contribution in [1.29, 1.82) is 0 Å². The number of hydrogen-bond donors (Lipinski definition) is 7. The number of carbonyl (C=O) groups excluding carboxylic acids is 10. The lowest BCUT2D eigenvalue weighted by Crippen LogP contribution is -2.60. The molecule has 0 unspecified atom stereocenters. The molecule has 420 valence electrons. The molecule has 0 spiro atoms. The Kier molecular flexibility index (Phi) is 20.2. The van der Waals surface area contributed by atoms with Gasteiger partial charge in [0.05, 0.1) is 6.33 Å². The van der Waals surface area contributed by atoms with E-state index in [4.69, 9.17) is 20.9 Å². The van der Waals surface area contributed by atoms with Gasteiger partial charge in [-0.15, -0.1) is 0 Å². The number of fused-ring (bicyclic) bond motifs is 6. The van der Waals surface area contributed by atoms with E-state index in [0.29, 0.717) is 0 Å². The molecule has 5 heterocycles. The summed E-state index contributed by atoms with van der Waals surface area (Å²) in [7, 11) is 7.22. The third-order valence-corrected chi connectivity index (χ3v) is 15.0. The van der Waals surface area contributed by atoms with Crippen LogP contribution in [0.5, 0.6) is 0 Å². The molecule has 2 aliphatic heterocycles. The normalized spacial score (nSPS) is 24.6. The highest BCUT2D eigenvalue weighted by atomic mass is 33.1. The number of esters is 2. The first-order valence-corrected chi connectivity index (χ1v) is 26.5. The molecule has 3 aromatic heterocycles. The Hall–Kier alpha value is -7.77. The van der Waals surface area contributed by atoms with E-state index in [2.05, 4.69) is 41.2 Å². The average molecular weight is 1120 g/mol. The molecule has 5 rings (SSSR count). The molecule has 2 aliphatic rings. The highest BCUT2D eigenvalue weighted by molar-refractivity contribution is 8.76. The van der Waals surface area contributed by atoms with Crippen LogP contribution in [0.4, 0.5) is 11.8 Å². The predicted molar refractivity (Wildman–Crippen MR) is 277 cm³/mol. The van der Waals surface area contributed by atoms with E-state index in [9.17, 15) is 57.5 Å². The number of nitrogen functional groups attached to an aromatic ring is 2. The topological polar surface area (TPSA) is 401 Å². The van der Waals surface area contributed by atoms with Crippen LogP contribution in [0.25, 0.3) is 11.2 Å². The number of nitrogens with two attached hydrogens (primary N) is 2. The van der Waals surface area contributed by atoms with Crippen molar-refractivity contribution in [3.05, 3.63) is 39.4 Å². The number of likely N-dealkylation sites (N-methyl/N-ethyl adjacent to an activating group) is 4. The Balaban J connectivity index is 1.56. The Morgan fingerprint density at radius 3 is 1.55 bits per heavy atom. The van der Waals surface area contributed by atoms with Crippen LogP contribution in [0.15, 0.2) is 28.2 Å². The molecule has 3 aromatic rings. The number of carbonyl (C=O) groups is 10. The van der Waals surface area contributed by atoms with Crippen molar-refractivity contribution in [3.8, 4) is 0 Å². The molecule has 0 radical (unpaired) electrons. The second kappa shape index (κ2) is 25.8. The molecule has 2 bridgehead atoms. The van der Waals surface area contributed by atoms with E-state index in [1.165, 1.54) is 58.9 Å². The monoisotopic (exact) mass is 1120 g/mol. The van der Waals surface area contributed by atoms with Gasteiger partial charge in [-0.05, 0) is 31.7 Å². The number of nitrogens with one attached hydrogen (secondary N) is 5. The summed E-state index contributed by atoms with van der Waals surface area (Å²) < 4.78 is 13.4. The quantitative estimate of drug-likeness (QED) is 0.0828. The van der Waals surface area contributed by atoms with Gasteiger partial charge in [-0.3, -0.25) is 52.7 Å². The van der Waals surface area contributed by atoms with E-state index in [1.807, 2.05) is 0 Å². The number of nitrogens with zero attached hydrogens (tertiary/aromatic N) is 9. The van der Waals surface area contributed by atoms with E-state index in [-0.39, 0.29) is 34.4 Å². The van der Waals surface area contributed by atoms with Crippen LogP contribution < -0.4 is 44.0 Å². The van der Waals surface area contributed by atoms with Crippen LogP contribution in [0, 0.1) is 11.8 Å². The van der Waals surface area contributed by atoms with Crippen LogP contribution in [0.3, 0.4) is 0 Å². The van der Waals surface area contributed by atoms with Gasteiger partial charge in [0, 0.05) is 45.9 Å². The minimum Gasteiger partial charge on any atom is -0.461 e. The summed E-state index contributed by atoms with van der Waals surface area (Å²) in [6.07, 6.45) is 2.34. The van der Waals surface area contributed by atoms with Crippen molar-refractivity contribution in [2.45, 2.75) is 103 Å². The van der Waals surface area contributed by atoms with Crippen LogP contribution in [0.2, 0.25) is 0 Å². The summed E-state index contributed by atoms with van der Waals surface area (Å²) in [5.41, 5.74) is 9.53. The summed E-state index contributed by atoms with van der Waals surface area (Å²) in [6.45, 7) is 6.08. The number of rotatable bonds is 8. The molecular formula is C45H64N16O14S2. The van der Waals surface area contributed by atoms with Gasteiger partial charge in [0.1, 0.15) is 80.5 Å². The van der Waals surface area contributed by atoms with Gasteiger partial charge in [-0.25, -0.2) is 19.4 Å². The van der Waals surface area contributed by atoms with Crippen LogP contribution >= 0.6 is 21.6 Å². The maximum Gasteiger partial charge on any atom is 0.349 e. The van der Waals surface area contributed by atoms with Crippen molar-refractivity contribution in [2.24, 2.45) is 11.8 Å². The molecule has 0 saturated carbocycles. The van der Waals surface area contributed by atoms with E-state index < -0.39 is 157 Å². The van der Waals surface area contributed by atoms with Gasteiger partial charge >= 0.3 is 17.6 Å². The molecular weight excluding hydrogens is 1050 g/mol. The summed E-state index contributed by atoms with van der Waals surface area (Å²) in [4.78, 5) is 185. The molecule has 32 heteroatoms. The van der Waals surface area contributed by atoms with Gasteiger partial charge in [-0.1, -0.05) is 49.3 Å². The van der Waals surface area contributed by atoms with Gasteiger partial charge in [0.25, 0.3) is 5.56 Å². The Morgan fingerprint density at radius 1 is 0.675 bits per heavy atom. The molecule has 0 aliphatic carbocycles. The van der Waals surface area contributed by atoms with Crippen LogP contribution in [-0.2, 0) is 70.5 Å². The summed E-state index contributed by atoms with van der Waals surface area (Å²) in [5, 5.41) is 9.88. The minimum absolute atomic E-state index is 0.0624. The Labute approximate surface area is 448 Å². The molecule has 2 saturated heterocycles. The smallest absolute Gasteiger partial charge is 0.349 e. The Bertz CT molecular complexity index is 2890. The number of amides is 8. The lowest BCUT2D eigenvalue weighted by Gasteiger charge is -2.37. The number of anilines is 2. The molecule has 0 aromatic carbocycles. The lowest BCUT2D eigenvalue weighted by molar-refractivity contribution is -0.160. The first-order valence-electron chi connectivity index (χ1n) is 24.0. The zero-order valence-electron chi connectivity index (χ0n) is 44.0. The van der Waals surface area contributed by atoms with E-state index in [1.54, 1.807) is 27.7 Å². The van der Waals surface area contributed by atoms with E-state index >= 15 is 0 Å². The van der Waals surface area contributed by atoms with Crippen LogP contribution in [-0.4, -0.2) is 209 Å². The second-order valence-electron chi connectivity index (χ2n) is 19.0. The van der Waals surface area contributed by atoms with Gasteiger partial charge < -0.3 is 66.4 Å². The number of ether oxygens (including phenoxy) is 2. The number of hydrogen-bond acceptors (Lipinski definition) is 21. The average Bonchev–Trinajstić information content (AvgIpc) is 3.75. The van der Waals surface area contributed by atoms with Gasteiger partial charge in [-0.2, -0.15) is 9.97 Å². The van der Waals surface area contributed by atoms with Crippen molar-refractivity contribution in [2.75, 3.05) is 64.4 Å². The molecule has 2 fully saturated rings. The fourth-order valence-electron chi connectivity index (χ4n) is 8.40. The van der Waals surface area contributed by atoms with Crippen LogP contribution in [0.1, 0.15) is 41.5 Å².